The molecule has 112 valence electrons. The second-order valence-corrected chi connectivity index (χ2v) is 5.62. The molecule has 3 rings (SSSR count). The lowest BCUT2D eigenvalue weighted by molar-refractivity contribution is 0.468. The number of imidazole rings is 1. The number of halogens is 2. The molecular weight excluding hydrogens is 272 g/mol. The van der Waals surface area contributed by atoms with Gasteiger partial charge in [0.2, 0.25) is 0 Å². The minimum atomic E-state index is -0.854. The van der Waals surface area contributed by atoms with Gasteiger partial charge in [-0.3, -0.25) is 0 Å². The van der Waals surface area contributed by atoms with Crippen molar-refractivity contribution in [1.82, 2.24) is 9.55 Å². The van der Waals surface area contributed by atoms with Gasteiger partial charge >= 0.3 is 0 Å². The van der Waals surface area contributed by atoms with E-state index >= 15 is 0 Å². The van der Waals surface area contributed by atoms with Crippen molar-refractivity contribution in [3.8, 4) is 0 Å². The molecule has 1 aromatic heterocycles. The molecule has 3 nitrogen and oxygen atoms in total. The third-order valence-electron chi connectivity index (χ3n) is 4.18. The third-order valence-corrected chi connectivity index (χ3v) is 4.18. The Morgan fingerprint density at radius 1 is 1.29 bits per heavy atom. The Morgan fingerprint density at radius 3 is 2.86 bits per heavy atom. The molecule has 21 heavy (non-hydrogen) atoms. The first-order valence-electron chi connectivity index (χ1n) is 7.32. The highest BCUT2D eigenvalue weighted by Crippen LogP contribution is 2.25. The van der Waals surface area contributed by atoms with Crippen LogP contribution < -0.4 is 5.73 Å². The Labute approximate surface area is 122 Å². The van der Waals surface area contributed by atoms with Crippen LogP contribution in [0.4, 0.5) is 8.78 Å². The zero-order valence-corrected chi connectivity index (χ0v) is 12.1. The minimum absolute atomic E-state index is 0.215. The van der Waals surface area contributed by atoms with Gasteiger partial charge in [-0.1, -0.05) is 12.1 Å². The number of nitrogens with two attached hydrogens (primary N) is 1. The summed E-state index contributed by atoms with van der Waals surface area (Å²) in [4.78, 5) is 4.58. The molecule has 0 bridgehead atoms. The molecule has 1 atom stereocenters. The van der Waals surface area contributed by atoms with Gasteiger partial charge < -0.3 is 10.3 Å². The number of aromatic nitrogens is 2. The Kier molecular flexibility index (Phi) is 3.76. The van der Waals surface area contributed by atoms with Gasteiger partial charge in [-0.2, -0.15) is 0 Å². The first-order valence-corrected chi connectivity index (χ1v) is 7.32. The highest BCUT2D eigenvalue weighted by atomic mass is 19.2. The smallest absolute Gasteiger partial charge is 0.163 e. The highest BCUT2D eigenvalue weighted by molar-refractivity contribution is 5.24. The molecule has 1 unspecified atom stereocenters. The summed E-state index contributed by atoms with van der Waals surface area (Å²) in [5, 5.41) is 0. The minimum Gasteiger partial charge on any atom is -0.330 e. The number of rotatable bonds is 3. The molecule has 0 amide bonds. The Hall–Kier alpha value is -1.75. The molecule has 5 heteroatoms. The monoisotopic (exact) mass is 291 g/mol. The van der Waals surface area contributed by atoms with Crippen molar-refractivity contribution >= 4 is 0 Å². The van der Waals surface area contributed by atoms with E-state index in [1.54, 1.807) is 6.07 Å². The molecule has 1 heterocycles. The van der Waals surface area contributed by atoms with E-state index in [1.165, 1.54) is 11.8 Å². The lowest BCUT2D eigenvalue weighted by Gasteiger charge is -2.19. The van der Waals surface area contributed by atoms with E-state index in [-0.39, 0.29) is 5.56 Å². The van der Waals surface area contributed by atoms with Gasteiger partial charge in [0.1, 0.15) is 5.82 Å². The molecule has 0 saturated heterocycles. The maximum absolute atomic E-state index is 13.8. The normalized spacial score (nSPS) is 15.8. The summed E-state index contributed by atoms with van der Waals surface area (Å²) < 4.78 is 29.2. The second kappa shape index (κ2) is 5.56. The van der Waals surface area contributed by atoms with Crippen LogP contribution in [0, 0.1) is 18.6 Å². The van der Waals surface area contributed by atoms with Gasteiger partial charge in [0.05, 0.1) is 11.7 Å². The predicted octanol–water partition coefficient (Wildman–Crippen LogP) is 3.05. The number of hydrogen-bond acceptors (Lipinski definition) is 2. The summed E-state index contributed by atoms with van der Waals surface area (Å²) in [5.41, 5.74) is 8.65. The van der Waals surface area contributed by atoms with E-state index < -0.39 is 17.7 Å². The van der Waals surface area contributed by atoms with Crippen LogP contribution >= 0.6 is 0 Å². The molecule has 2 aromatic rings. The van der Waals surface area contributed by atoms with E-state index in [2.05, 4.69) is 9.55 Å². The van der Waals surface area contributed by atoms with Crippen molar-refractivity contribution in [2.24, 2.45) is 5.73 Å². The Balaban J connectivity index is 1.90. The largest absolute Gasteiger partial charge is 0.330 e. The van der Waals surface area contributed by atoms with Crippen molar-refractivity contribution in [3.05, 3.63) is 52.6 Å². The lowest BCUT2D eigenvalue weighted by atomic mass is 10.0. The molecule has 1 aromatic carbocycles. The first-order chi connectivity index (χ1) is 10.1. The SMILES string of the molecule is Cc1nc2c(n1CC(N)c1cccc(F)c1F)CCCC2. The molecule has 1 aliphatic rings. The number of hydrogen-bond donors (Lipinski definition) is 1. The fourth-order valence-corrected chi connectivity index (χ4v) is 3.08. The van der Waals surface area contributed by atoms with Gasteiger partial charge in [0.25, 0.3) is 0 Å². The Bertz CT molecular complexity index is 664. The van der Waals surface area contributed by atoms with Crippen LogP contribution in [-0.4, -0.2) is 9.55 Å². The Morgan fingerprint density at radius 2 is 2.05 bits per heavy atom. The van der Waals surface area contributed by atoms with Gasteiger partial charge in [-0.25, -0.2) is 13.8 Å². The summed E-state index contributed by atoms with van der Waals surface area (Å²) in [6.45, 7) is 2.36. The molecule has 1 aliphatic carbocycles. The van der Waals surface area contributed by atoms with Gasteiger partial charge in [0.15, 0.2) is 11.6 Å². The van der Waals surface area contributed by atoms with Crippen LogP contribution in [0.3, 0.4) is 0 Å². The fourth-order valence-electron chi connectivity index (χ4n) is 3.08. The predicted molar refractivity (Wildman–Crippen MR) is 76.9 cm³/mol. The van der Waals surface area contributed by atoms with Gasteiger partial charge in [0, 0.05) is 17.8 Å². The van der Waals surface area contributed by atoms with Crippen LogP contribution in [0.5, 0.6) is 0 Å². The van der Waals surface area contributed by atoms with Crippen LogP contribution in [0.2, 0.25) is 0 Å². The first kappa shape index (κ1) is 14.2. The fraction of sp³-hybridized carbons (Fsp3) is 0.438. The summed E-state index contributed by atoms with van der Waals surface area (Å²) in [5.74, 6) is -0.807. The lowest BCUT2D eigenvalue weighted by Crippen LogP contribution is -2.22. The van der Waals surface area contributed by atoms with Crippen LogP contribution in [0.25, 0.3) is 0 Å². The van der Waals surface area contributed by atoms with E-state index in [0.717, 1.165) is 43.3 Å². The van der Waals surface area contributed by atoms with Gasteiger partial charge in [-0.05, 0) is 38.7 Å². The van der Waals surface area contributed by atoms with Crippen LogP contribution in [0.1, 0.15) is 41.7 Å². The van der Waals surface area contributed by atoms with E-state index in [4.69, 9.17) is 5.73 Å². The average Bonchev–Trinajstić information content (AvgIpc) is 2.78. The molecule has 0 fully saturated rings. The highest BCUT2D eigenvalue weighted by Gasteiger charge is 2.21. The molecule has 2 N–H and O–H groups in total. The zero-order valence-electron chi connectivity index (χ0n) is 12.1. The van der Waals surface area contributed by atoms with E-state index in [9.17, 15) is 8.78 Å². The van der Waals surface area contributed by atoms with E-state index in [0.29, 0.717) is 6.54 Å². The number of nitrogens with zero attached hydrogens (tertiary/aromatic N) is 2. The summed E-state index contributed by atoms with van der Waals surface area (Å²) in [6, 6.07) is 3.56. The zero-order chi connectivity index (χ0) is 15.0. The molecule has 0 radical (unpaired) electrons. The van der Waals surface area contributed by atoms with Crippen molar-refractivity contribution in [2.45, 2.75) is 45.2 Å². The van der Waals surface area contributed by atoms with E-state index in [1.807, 2.05) is 6.92 Å². The van der Waals surface area contributed by atoms with Crippen molar-refractivity contribution in [2.75, 3.05) is 0 Å². The number of fused-ring (bicyclic) bond motifs is 1. The van der Waals surface area contributed by atoms with Crippen LogP contribution in [-0.2, 0) is 19.4 Å². The van der Waals surface area contributed by atoms with Gasteiger partial charge in [-0.15, -0.1) is 0 Å². The average molecular weight is 291 g/mol. The molecule has 0 saturated carbocycles. The maximum atomic E-state index is 13.8. The summed E-state index contributed by atoms with van der Waals surface area (Å²) >= 11 is 0. The second-order valence-electron chi connectivity index (χ2n) is 5.62. The summed E-state index contributed by atoms with van der Waals surface area (Å²) in [6.07, 6.45) is 4.27. The van der Waals surface area contributed by atoms with Crippen molar-refractivity contribution in [3.63, 3.8) is 0 Å². The molecular formula is C16H19F2N3. The van der Waals surface area contributed by atoms with Crippen LogP contribution in [0.15, 0.2) is 18.2 Å². The molecule has 0 spiro atoms. The number of benzene rings is 1. The maximum Gasteiger partial charge on any atom is 0.163 e. The topological polar surface area (TPSA) is 43.8 Å². The third kappa shape index (κ3) is 2.58. The standard InChI is InChI=1S/C16H19F2N3/c1-10-20-14-7-2-3-8-15(14)21(10)9-13(19)11-5-4-6-12(17)16(11)18/h4-6,13H,2-3,7-9,19H2,1H3. The summed E-state index contributed by atoms with van der Waals surface area (Å²) in [7, 11) is 0. The van der Waals surface area contributed by atoms with Crippen molar-refractivity contribution in [1.29, 1.82) is 0 Å². The quantitative estimate of drug-likeness (QED) is 0.944. The van der Waals surface area contributed by atoms with Crippen molar-refractivity contribution < 1.29 is 8.78 Å². The molecule has 0 aliphatic heterocycles. The number of aryl methyl sites for hydroxylation is 2.